The van der Waals surface area contributed by atoms with E-state index in [1.165, 1.54) is 7.11 Å². The van der Waals surface area contributed by atoms with Crippen molar-refractivity contribution in [2.75, 3.05) is 13.7 Å². The molecule has 0 spiro atoms. The number of piperidine rings is 1. The number of methoxy groups -OCH3 is 1. The van der Waals surface area contributed by atoms with E-state index in [1.54, 1.807) is 0 Å². The summed E-state index contributed by atoms with van der Waals surface area (Å²) in [6.45, 7) is 0.857. The van der Waals surface area contributed by atoms with E-state index in [4.69, 9.17) is 16.3 Å². The van der Waals surface area contributed by atoms with Crippen molar-refractivity contribution in [1.29, 1.82) is 0 Å². The summed E-state index contributed by atoms with van der Waals surface area (Å²) in [5.74, 6) is -0.179. The molecule has 0 bridgehead atoms. The lowest BCUT2D eigenvalue weighted by Gasteiger charge is -2.35. The molecule has 18 heavy (non-hydrogen) atoms. The highest BCUT2D eigenvalue weighted by Crippen LogP contribution is 2.26. The van der Waals surface area contributed by atoms with Crippen LogP contribution in [-0.2, 0) is 16.0 Å². The Morgan fingerprint density at radius 1 is 1.50 bits per heavy atom. The summed E-state index contributed by atoms with van der Waals surface area (Å²) in [4.78, 5) is 12.1. The molecule has 0 saturated carbocycles. The van der Waals surface area contributed by atoms with Crippen LogP contribution in [0.1, 0.15) is 24.8 Å². The molecule has 2 rings (SSSR count). The Hall–Kier alpha value is -1.06. The van der Waals surface area contributed by atoms with Crippen molar-refractivity contribution in [2.45, 2.75) is 31.2 Å². The zero-order chi connectivity index (χ0) is 13.0. The fourth-order valence-electron chi connectivity index (χ4n) is 2.56. The molecular formula is C14H18ClNO2. The number of benzene rings is 1. The minimum Gasteiger partial charge on any atom is -0.468 e. The molecular weight excluding hydrogens is 250 g/mol. The third-order valence-electron chi connectivity index (χ3n) is 3.46. The lowest BCUT2D eigenvalue weighted by Crippen LogP contribution is -2.56. The number of rotatable bonds is 3. The topological polar surface area (TPSA) is 38.3 Å². The number of nitrogens with one attached hydrogen (secondary N) is 1. The molecule has 1 aromatic rings. The maximum Gasteiger partial charge on any atom is 0.326 e. The van der Waals surface area contributed by atoms with Crippen molar-refractivity contribution >= 4 is 17.6 Å². The zero-order valence-electron chi connectivity index (χ0n) is 10.5. The van der Waals surface area contributed by atoms with E-state index in [-0.39, 0.29) is 5.97 Å². The molecule has 1 unspecified atom stereocenters. The van der Waals surface area contributed by atoms with Gasteiger partial charge < -0.3 is 10.1 Å². The van der Waals surface area contributed by atoms with E-state index in [1.807, 2.05) is 24.3 Å². The van der Waals surface area contributed by atoms with Gasteiger partial charge in [-0.3, -0.25) is 4.79 Å². The normalized spacial score (nSPS) is 23.7. The standard InChI is InChI=1S/C14H18ClNO2/c1-18-13(17)14(7-2-3-8-16-14)10-11-5-4-6-12(15)9-11/h4-6,9,16H,2-3,7-8,10H2,1H3. The van der Waals surface area contributed by atoms with Gasteiger partial charge in [0.25, 0.3) is 0 Å². The molecule has 1 atom stereocenters. The smallest absolute Gasteiger partial charge is 0.326 e. The van der Waals surface area contributed by atoms with Gasteiger partial charge in [-0.1, -0.05) is 23.7 Å². The maximum atomic E-state index is 12.1. The Morgan fingerprint density at radius 2 is 2.33 bits per heavy atom. The Labute approximate surface area is 112 Å². The van der Waals surface area contributed by atoms with E-state index >= 15 is 0 Å². The minimum absolute atomic E-state index is 0.179. The van der Waals surface area contributed by atoms with E-state index in [2.05, 4.69) is 5.32 Å². The van der Waals surface area contributed by atoms with Crippen molar-refractivity contribution in [1.82, 2.24) is 5.32 Å². The molecule has 1 aliphatic heterocycles. The number of halogens is 1. The van der Waals surface area contributed by atoms with Crippen LogP contribution in [0.15, 0.2) is 24.3 Å². The van der Waals surface area contributed by atoms with Crippen molar-refractivity contribution in [2.24, 2.45) is 0 Å². The van der Waals surface area contributed by atoms with Crippen LogP contribution >= 0.6 is 11.6 Å². The van der Waals surface area contributed by atoms with Crippen molar-refractivity contribution in [3.05, 3.63) is 34.9 Å². The van der Waals surface area contributed by atoms with Gasteiger partial charge in [-0.2, -0.15) is 0 Å². The van der Waals surface area contributed by atoms with E-state index in [9.17, 15) is 4.79 Å². The molecule has 4 heteroatoms. The quantitative estimate of drug-likeness (QED) is 0.856. The Kier molecular flexibility index (Phi) is 4.25. The van der Waals surface area contributed by atoms with Gasteiger partial charge in [-0.05, 0) is 43.5 Å². The minimum atomic E-state index is -0.586. The van der Waals surface area contributed by atoms with Crippen LogP contribution in [0.4, 0.5) is 0 Å². The Bertz CT molecular complexity index is 428. The summed E-state index contributed by atoms with van der Waals surface area (Å²) in [6, 6.07) is 7.64. The predicted octanol–water partition coefficient (Wildman–Crippen LogP) is 2.57. The monoisotopic (exact) mass is 267 g/mol. The van der Waals surface area contributed by atoms with Crippen LogP contribution in [0.5, 0.6) is 0 Å². The number of hydrogen-bond acceptors (Lipinski definition) is 3. The molecule has 98 valence electrons. The summed E-state index contributed by atoms with van der Waals surface area (Å²) in [5, 5.41) is 4.03. The molecule has 1 saturated heterocycles. The largest absolute Gasteiger partial charge is 0.468 e. The van der Waals surface area contributed by atoms with Crippen molar-refractivity contribution < 1.29 is 9.53 Å². The molecule has 0 aliphatic carbocycles. The molecule has 1 fully saturated rings. The van der Waals surface area contributed by atoms with Gasteiger partial charge in [-0.15, -0.1) is 0 Å². The van der Waals surface area contributed by atoms with Gasteiger partial charge in [-0.25, -0.2) is 0 Å². The van der Waals surface area contributed by atoms with Gasteiger partial charge in [0.15, 0.2) is 0 Å². The molecule has 3 nitrogen and oxygen atoms in total. The fourth-order valence-corrected chi connectivity index (χ4v) is 2.77. The molecule has 0 radical (unpaired) electrons. The number of ether oxygens (including phenoxy) is 1. The SMILES string of the molecule is COC(=O)C1(Cc2cccc(Cl)c2)CCCCN1. The number of esters is 1. The summed E-state index contributed by atoms with van der Waals surface area (Å²) in [5.41, 5.74) is 0.472. The molecule has 0 amide bonds. The predicted molar refractivity (Wildman–Crippen MR) is 71.8 cm³/mol. The van der Waals surface area contributed by atoms with Crippen LogP contribution in [0.3, 0.4) is 0 Å². The highest BCUT2D eigenvalue weighted by Gasteiger charge is 2.40. The second kappa shape index (κ2) is 5.72. The Morgan fingerprint density at radius 3 is 2.94 bits per heavy atom. The van der Waals surface area contributed by atoms with Crippen LogP contribution in [0, 0.1) is 0 Å². The first-order chi connectivity index (χ1) is 8.66. The second-order valence-corrected chi connectivity index (χ2v) is 5.20. The molecule has 1 aliphatic rings. The van der Waals surface area contributed by atoms with Gasteiger partial charge in [0, 0.05) is 11.4 Å². The molecule has 1 N–H and O–H groups in total. The number of carbonyl (C=O) groups is 1. The summed E-state index contributed by atoms with van der Waals surface area (Å²) >= 11 is 5.98. The average molecular weight is 268 g/mol. The average Bonchev–Trinajstić information content (AvgIpc) is 2.39. The third-order valence-corrected chi connectivity index (χ3v) is 3.70. The first-order valence-corrected chi connectivity index (χ1v) is 6.62. The fraction of sp³-hybridized carbons (Fsp3) is 0.500. The van der Waals surface area contributed by atoms with Crippen LogP contribution < -0.4 is 5.32 Å². The van der Waals surface area contributed by atoms with Gasteiger partial charge in [0.1, 0.15) is 5.54 Å². The second-order valence-electron chi connectivity index (χ2n) is 4.76. The van der Waals surface area contributed by atoms with E-state index in [0.29, 0.717) is 11.4 Å². The number of hydrogen-bond donors (Lipinski definition) is 1. The zero-order valence-corrected chi connectivity index (χ0v) is 11.3. The molecule has 0 aromatic heterocycles. The lowest BCUT2D eigenvalue weighted by molar-refractivity contribution is -0.149. The first-order valence-electron chi connectivity index (χ1n) is 6.24. The molecule has 1 heterocycles. The first kappa shape index (κ1) is 13.4. The summed E-state index contributed by atoms with van der Waals surface area (Å²) in [7, 11) is 1.44. The third kappa shape index (κ3) is 2.85. The lowest BCUT2D eigenvalue weighted by atomic mass is 9.83. The number of carbonyl (C=O) groups excluding carboxylic acids is 1. The highest BCUT2D eigenvalue weighted by atomic mass is 35.5. The summed E-state index contributed by atoms with van der Waals surface area (Å²) in [6.07, 6.45) is 3.59. The van der Waals surface area contributed by atoms with Gasteiger partial charge >= 0.3 is 5.97 Å². The van der Waals surface area contributed by atoms with Crippen LogP contribution in [0.2, 0.25) is 5.02 Å². The van der Waals surface area contributed by atoms with Crippen molar-refractivity contribution in [3.8, 4) is 0 Å². The van der Waals surface area contributed by atoms with Gasteiger partial charge in [0.05, 0.1) is 7.11 Å². The van der Waals surface area contributed by atoms with Gasteiger partial charge in [0.2, 0.25) is 0 Å². The van der Waals surface area contributed by atoms with Crippen LogP contribution in [0.25, 0.3) is 0 Å². The molecule has 1 aromatic carbocycles. The van der Waals surface area contributed by atoms with E-state index < -0.39 is 5.54 Å². The van der Waals surface area contributed by atoms with E-state index in [0.717, 1.165) is 31.4 Å². The highest BCUT2D eigenvalue weighted by molar-refractivity contribution is 6.30. The van der Waals surface area contributed by atoms with Crippen molar-refractivity contribution in [3.63, 3.8) is 0 Å². The van der Waals surface area contributed by atoms with Crippen LogP contribution in [-0.4, -0.2) is 25.2 Å². The maximum absolute atomic E-state index is 12.1. The summed E-state index contributed by atoms with van der Waals surface area (Å²) < 4.78 is 4.96. The Balaban J connectivity index is 2.22.